The number of hydrogen-bond donors (Lipinski definition) is 0. The van der Waals surface area contributed by atoms with Gasteiger partial charge in [-0.05, 0) is 42.0 Å². The van der Waals surface area contributed by atoms with Crippen LogP contribution >= 0.6 is 15.9 Å². The molecule has 0 atom stereocenters. The Labute approximate surface area is 139 Å². The number of rotatable bonds is 5. The third kappa shape index (κ3) is 5.10. The minimum absolute atomic E-state index is 0.450. The van der Waals surface area contributed by atoms with Gasteiger partial charge in [-0.15, -0.1) is 0 Å². The highest BCUT2D eigenvalue weighted by Gasteiger charge is 2.14. The van der Waals surface area contributed by atoms with Crippen LogP contribution in [-0.2, 0) is 9.53 Å². The molecular formula is C17H11BrF2O3. The molecule has 0 fully saturated rings. The summed E-state index contributed by atoms with van der Waals surface area (Å²) in [6.45, 7) is -0.665. The van der Waals surface area contributed by atoms with Crippen molar-refractivity contribution in [2.75, 3.05) is 6.61 Å². The quantitative estimate of drug-likeness (QED) is 0.444. The topological polar surface area (TPSA) is 43.4 Å². The predicted molar refractivity (Wildman–Crippen MR) is 84.8 cm³/mol. The molecule has 0 aromatic heterocycles. The molecule has 0 aliphatic rings. The van der Waals surface area contributed by atoms with Gasteiger partial charge in [-0.1, -0.05) is 28.1 Å². The number of carbonyl (C=O) groups is 2. The van der Waals surface area contributed by atoms with Crippen LogP contribution in [0.5, 0.6) is 0 Å². The zero-order valence-corrected chi connectivity index (χ0v) is 13.3. The summed E-state index contributed by atoms with van der Waals surface area (Å²) in [7, 11) is 0. The molecule has 2 aromatic rings. The van der Waals surface area contributed by atoms with E-state index in [2.05, 4.69) is 15.9 Å². The molecule has 2 aromatic carbocycles. The Hall–Kier alpha value is -2.34. The van der Waals surface area contributed by atoms with Crippen LogP contribution in [0.25, 0.3) is 6.08 Å². The first kappa shape index (κ1) is 17.0. The molecule has 0 unspecified atom stereocenters. The monoisotopic (exact) mass is 380 g/mol. The Bertz CT molecular complexity index is 772. The lowest BCUT2D eigenvalue weighted by molar-refractivity contribution is -0.136. The molecule has 2 rings (SSSR count). The van der Waals surface area contributed by atoms with Gasteiger partial charge >= 0.3 is 5.97 Å². The van der Waals surface area contributed by atoms with Gasteiger partial charge in [-0.2, -0.15) is 0 Å². The molecule has 3 nitrogen and oxygen atoms in total. The average molecular weight is 381 g/mol. The number of halogens is 3. The van der Waals surface area contributed by atoms with Crippen molar-refractivity contribution in [1.82, 2.24) is 0 Å². The summed E-state index contributed by atoms with van der Waals surface area (Å²) in [6, 6.07) is 9.71. The van der Waals surface area contributed by atoms with E-state index >= 15 is 0 Å². The van der Waals surface area contributed by atoms with Crippen molar-refractivity contribution in [2.45, 2.75) is 0 Å². The van der Waals surface area contributed by atoms with Crippen LogP contribution in [0.1, 0.15) is 15.9 Å². The summed E-state index contributed by atoms with van der Waals surface area (Å²) in [5, 5.41) is 0. The summed E-state index contributed by atoms with van der Waals surface area (Å²) in [4.78, 5) is 23.3. The lowest BCUT2D eigenvalue weighted by Gasteiger charge is -2.03. The third-order valence-electron chi connectivity index (χ3n) is 2.83. The number of ketones is 1. The fourth-order valence-electron chi connectivity index (χ4n) is 1.75. The summed E-state index contributed by atoms with van der Waals surface area (Å²) in [6.07, 6.45) is 2.66. The highest BCUT2D eigenvalue weighted by atomic mass is 79.9. The molecule has 0 spiro atoms. The maximum absolute atomic E-state index is 13.4. The molecular weight excluding hydrogens is 370 g/mol. The Balaban J connectivity index is 1.94. The third-order valence-corrected chi connectivity index (χ3v) is 3.33. The Morgan fingerprint density at radius 3 is 2.65 bits per heavy atom. The molecule has 0 radical (unpaired) electrons. The van der Waals surface area contributed by atoms with Crippen LogP contribution in [0.3, 0.4) is 0 Å². The molecule has 0 heterocycles. The highest BCUT2D eigenvalue weighted by molar-refractivity contribution is 9.10. The Kier molecular flexibility index (Phi) is 5.76. The number of benzene rings is 2. The fraction of sp³-hybridized carbons (Fsp3) is 0.0588. The summed E-state index contributed by atoms with van der Waals surface area (Å²) >= 11 is 3.30. The Morgan fingerprint density at radius 1 is 1.13 bits per heavy atom. The molecule has 0 N–H and O–H groups in total. The van der Waals surface area contributed by atoms with Crippen molar-refractivity contribution in [3.8, 4) is 0 Å². The van der Waals surface area contributed by atoms with Gasteiger partial charge in [0.1, 0.15) is 11.6 Å². The molecule has 23 heavy (non-hydrogen) atoms. The van der Waals surface area contributed by atoms with Crippen LogP contribution in [0, 0.1) is 11.6 Å². The molecule has 0 bridgehead atoms. The van der Waals surface area contributed by atoms with Gasteiger partial charge < -0.3 is 4.74 Å². The van der Waals surface area contributed by atoms with E-state index in [1.807, 2.05) is 6.07 Å². The van der Waals surface area contributed by atoms with Crippen LogP contribution < -0.4 is 0 Å². The largest absolute Gasteiger partial charge is 0.454 e. The van der Waals surface area contributed by atoms with Crippen molar-refractivity contribution < 1.29 is 23.1 Å². The smallest absolute Gasteiger partial charge is 0.331 e. The highest BCUT2D eigenvalue weighted by Crippen LogP contribution is 2.13. The molecule has 0 saturated carbocycles. The molecule has 0 aliphatic heterocycles. The van der Waals surface area contributed by atoms with Crippen molar-refractivity contribution in [1.29, 1.82) is 0 Å². The van der Waals surface area contributed by atoms with Gasteiger partial charge in [0.2, 0.25) is 5.78 Å². The van der Waals surface area contributed by atoms with Gasteiger partial charge in [0, 0.05) is 10.5 Å². The van der Waals surface area contributed by atoms with Crippen molar-refractivity contribution >= 4 is 33.8 Å². The van der Waals surface area contributed by atoms with Gasteiger partial charge in [-0.25, -0.2) is 13.6 Å². The second-order valence-corrected chi connectivity index (χ2v) is 5.46. The minimum atomic E-state index is -0.864. The first-order chi connectivity index (χ1) is 11.0. The first-order valence-corrected chi connectivity index (χ1v) is 7.33. The maximum Gasteiger partial charge on any atom is 0.331 e. The first-order valence-electron chi connectivity index (χ1n) is 6.54. The number of ether oxygens (including phenoxy) is 1. The SMILES string of the molecule is O=C(/C=C/c1cccc(Br)c1)OCC(=O)c1cc(F)ccc1F. The summed E-state index contributed by atoms with van der Waals surface area (Å²) in [5.74, 6) is -3.17. The van der Waals surface area contributed by atoms with Gasteiger partial charge in [-0.3, -0.25) is 4.79 Å². The van der Waals surface area contributed by atoms with Crippen LogP contribution in [0.4, 0.5) is 8.78 Å². The summed E-state index contributed by atoms with van der Waals surface area (Å²) < 4.78 is 32.0. The standard InChI is InChI=1S/C17H11BrF2O3/c18-12-3-1-2-11(8-12)4-7-17(22)23-10-16(21)14-9-13(19)5-6-15(14)20/h1-9H,10H2/b7-4+. The lowest BCUT2D eigenvalue weighted by atomic mass is 10.1. The van der Waals surface area contributed by atoms with Gasteiger partial charge in [0.15, 0.2) is 6.61 Å². The van der Waals surface area contributed by atoms with E-state index in [0.29, 0.717) is 0 Å². The number of carbonyl (C=O) groups excluding carboxylic acids is 2. The van der Waals surface area contributed by atoms with E-state index in [-0.39, 0.29) is 0 Å². The second-order valence-electron chi connectivity index (χ2n) is 4.54. The van der Waals surface area contributed by atoms with E-state index in [1.54, 1.807) is 18.2 Å². The van der Waals surface area contributed by atoms with E-state index < -0.39 is 35.6 Å². The van der Waals surface area contributed by atoms with E-state index in [1.165, 1.54) is 6.08 Å². The van der Waals surface area contributed by atoms with Crippen LogP contribution in [0.2, 0.25) is 0 Å². The van der Waals surface area contributed by atoms with Crippen molar-refractivity contribution in [3.05, 3.63) is 75.8 Å². The lowest BCUT2D eigenvalue weighted by Crippen LogP contribution is -2.14. The molecule has 6 heteroatoms. The molecule has 0 aliphatic carbocycles. The van der Waals surface area contributed by atoms with Crippen molar-refractivity contribution in [2.24, 2.45) is 0 Å². The zero-order valence-electron chi connectivity index (χ0n) is 11.8. The number of esters is 1. The van der Waals surface area contributed by atoms with Gasteiger partial charge in [0.25, 0.3) is 0 Å². The number of Topliss-reactive ketones (excluding diaryl/α,β-unsaturated/α-hetero) is 1. The average Bonchev–Trinajstić information content (AvgIpc) is 2.53. The summed E-state index contributed by atoms with van der Waals surface area (Å²) in [5.41, 5.74) is 0.313. The van der Waals surface area contributed by atoms with E-state index in [4.69, 9.17) is 4.74 Å². The van der Waals surface area contributed by atoms with E-state index in [9.17, 15) is 18.4 Å². The van der Waals surface area contributed by atoms with E-state index in [0.717, 1.165) is 34.3 Å². The normalized spacial score (nSPS) is 10.7. The molecule has 0 saturated heterocycles. The molecule has 0 amide bonds. The fourth-order valence-corrected chi connectivity index (χ4v) is 2.17. The van der Waals surface area contributed by atoms with Crippen molar-refractivity contribution in [3.63, 3.8) is 0 Å². The predicted octanol–water partition coefficient (Wildman–Crippen LogP) is 4.17. The van der Waals surface area contributed by atoms with Crippen LogP contribution in [-0.4, -0.2) is 18.4 Å². The second kappa shape index (κ2) is 7.78. The minimum Gasteiger partial charge on any atom is -0.454 e. The Morgan fingerprint density at radius 2 is 1.91 bits per heavy atom. The van der Waals surface area contributed by atoms with Gasteiger partial charge in [0.05, 0.1) is 5.56 Å². The molecule has 118 valence electrons. The maximum atomic E-state index is 13.4. The number of hydrogen-bond acceptors (Lipinski definition) is 3. The zero-order chi connectivity index (χ0) is 16.8. The van der Waals surface area contributed by atoms with Crippen LogP contribution in [0.15, 0.2) is 53.0 Å².